The van der Waals surface area contributed by atoms with Crippen LogP contribution in [0.2, 0.25) is 0 Å². The quantitative estimate of drug-likeness (QED) is 0.124. The van der Waals surface area contributed by atoms with Gasteiger partial charge in [-0.1, -0.05) is 61.0 Å². The summed E-state index contributed by atoms with van der Waals surface area (Å²) in [5, 5.41) is 10.9. The summed E-state index contributed by atoms with van der Waals surface area (Å²) in [5.41, 5.74) is 5.15. The number of carbonyl (C=O) groups excluding carboxylic acids is 4. The van der Waals surface area contributed by atoms with Crippen molar-refractivity contribution in [3.8, 4) is 11.5 Å². The van der Waals surface area contributed by atoms with Crippen LogP contribution >= 0.6 is 0 Å². The van der Waals surface area contributed by atoms with E-state index in [1.165, 1.54) is 29.7 Å². The third kappa shape index (κ3) is 11.2. The lowest BCUT2D eigenvalue weighted by atomic mass is 10.00. The van der Waals surface area contributed by atoms with Crippen molar-refractivity contribution in [2.24, 2.45) is 4.99 Å². The van der Waals surface area contributed by atoms with Crippen LogP contribution < -0.4 is 35.6 Å². The number of hydrogen-bond donors (Lipinski definition) is 4. The Labute approximate surface area is 327 Å². The van der Waals surface area contributed by atoms with Crippen LogP contribution in [0.25, 0.3) is 0 Å². The number of urea groups is 1. The molecule has 0 saturated carbocycles. The Morgan fingerprint density at radius 1 is 0.821 bits per heavy atom. The van der Waals surface area contributed by atoms with Crippen LogP contribution in [0.15, 0.2) is 102 Å². The maximum absolute atomic E-state index is 13.6. The minimum absolute atomic E-state index is 0.192. The highest BCUT2D eigenvalue weighted by atomic mass is 16.5. The van der Waals surface area contributed by atoms with Crippen molar-refractivity contribution in [3.05, 3.63) is 119 Å². The maximum atomic E-state index is 13.6. The smallest absolute Gasteiger partial charge is 0.321 e. The van der Waals surface area contributed by atoms with Gasteiger partial charge in [-0.25, -0.2) is 9.79 Å². The van der Waals surface area contributed by atoms with Crippen LogP contribution in [0.3, 0.4) is 0 Å². The summed E-state index contributed by atoms with van der Waals surface area (Å²) in [5.74, 6) is -0.00339. The highest BCUT2D eigenvalue weighted by molar-refractivity contribution is 6.20. The largest absolute Gasteiger partial charge is 0.494 e. The SMILES string of the molecule is Cc1cccc(NC(=O)NC2N=C(c3cccc(OCC(=O)NCC(=O)NCCCOc4cccc(CN5CCCCC5)c4)c3)c3ccccc3N(C)C2=O)c1. The summed E-state index contributed by atoms with van der Waals surface area (Å²) in [7, 11) is 1.64. The normalized spacial score (nSPS) is 15.5. The first-order chi connectivity index (χ1) is 27.2. The van der Waals surface area contributed by atoms with Gasteiger partial charge in [0.05, 0.1) is 24.6 Å². The number of nitrogens with zero attached hydrogens (tertiary/aromatic N) is 3. The molecule has 13 heteroatoms. The fourth-order valence-corrected chi connectivity index (χ4v) is 6.63. The van der Waals surface area contributed by atoms with Gasteiger partial charge < -0.3 is 35.6 Å². The average Bonchev–Trinajstić information content (AvgIpc) is 3.30. The van der Waals surface area contributed by atoms with E-state index in [-0.39, 0.29) is 19.1 Å². The highest BCUT2D eigenvalue weighted by Crippen LogP contribution is 2.28. The van der Waals surface area contributed by atoms with Crippen LogP contribution in [0.4, 0.5) is 16.2 Å². The Morgan fingerprint density at radius 3 is 2.41 bits per heavy atom. The fraction of sp³-hybridized carbons (Fsp3) is 0.326. The Kier molecular flexibility index (Phi) is 13.7. The average molecular weight is 760 g/mol. The highest BCUT2D eigenvalue weighted by Gasteiger charge is 2.31. The monoisotopic (exact) mass is 759 g/mol. The molecule has 1 atom stereocenters. The molecule has 0 radical (unpaired) electrons. The van der Waals surface area contributed by atoms with E-state index in [9.17, 15) is 19.2 Å². The van der Waals surface area contributed by atoms with Crippen LogP contribution in [0.5, 0.6) is 11.5 Å². The second-order valence-electron chi connectivity index (χ2n) is 13.9. The van der Waals surface area contributed by atoms with E-state index in [1.807, 2.05) is 67.6 Å². The number of amides is 5. The molecular weight excluding hydrogens is 711 g/mol. The first-order valence-electron chi connectivity index (χ1n) is 19.0. The number of likely N-dealkylation sites (N-methyl/N-ethyl adjacent to an activating group) is 1. The van der Waals surface area contributed by atoms with Crippen LogP contribution in [-0.2, 0) is 20.9 Å². The third-order valence-corrected chi connectivity index (χ3v) is 9.48. The third-order valence-electron chi connectivity index (χ3n) is 9.48. The first-order valence-corrected chi connectivity index (χ1v) is 19.0. The van der Waals surface area contributed by atoms with Crippen molar-refractivity contribution >= 4 is 40.8 Å². The standard InChI is InChI=1S/C43H49N7O6/c1-30-12-8-15-33(24-30)46-43(54)48-41-42(53)49(2)37-19-5-4-18-36(37)40(47-41)32-14-10-17-35(26-32)56-29-39(52)45-27-38(51)44-20-11-23-55-34-16-9-13-31(25-34)28-50-21-6-3-7-22-50/h4-5,8-10,12-19,24-26,41H,3,6-7,11,20-23,27-29H2,1-2H3,(H,44,51)(H,45,52)(H2,46,48,54). The van der Waals surface area contributed by atoms with E-state index >= 15 is 0 Å². The summed E-state index contributed by atoms with van der Waals surface area (Å²) in [4.78, 5) is 60.3. The van der Waals surface area contributed by atoms with Gasteiger partial charge in [0, 0.05) is 37.0 Å². The van der Waals surface area contributed by atoms with Crippen molar-refractivity contribution in [1.29, 1.82) is 0 Å². The molecule has 4 aromatic rings. The minimum atomic E-state index is -1.23. The zero-order valence-electron chi connectivity index (χ0n) is 31.9. The Morgan fingerprint density at radius 2 is 1.59 bits per heavy atom. The van der Waals surface area contributed by atoms with Crippen molar-refractivity contribution in [3.63, 3.8) is 0 Å². The van der Waals surface area contributed by atoms with Gasteiger partial charge in [-0.3, -0.25) is 19.3 Å². The molecule has 2 aliphatic rings. The fourth-order valence-electron chi connectivity index (χ4n) is 6.63. The number of nitrogens with one attached hydrogen (secondary N) is 4. The maximum Gasteiger partial charge on any atom is 0.321 e. The van der Waals surface area contributed by atoms with E-state index < -0.39 is 24.0 Å². The Hall–Kier alpha value is -6.21. The molecule has 292 valence electrons. The van der Waals surface area contributed by atoms with E-state index in [0.29, 0.717) is 53.5 Å². The summed E-state index contributed by atoms with van der Waals surface area (Å²) in [6.07, 6.45) is 3.21. The van der Waals surface area contributed by atoms with Gasteiger partial charge in [0.2, 0.25) is 12.1 Å². The number of aliphatic imine (C=N–C) groups is 1. The van der Waals surface area contributed by atoms with E-state index in [2.05, 4.69) is 38.3 Å². The number of piperidine rings is 1. The Bertz CT molecular complexity index is 2050. The molecule has 2 heterocycles. The molecule has 13 nitrogen and oxygen atoms in total. The summed E-state index contributed by atoms with van der Waals surface area (Å²) in [6, 6.07) is 29.2. The molecule has 0 aromatic heterocycles. The summed E-state index contributed by atoms with van der Waals surface area (Å²) < 4.78 is 11.7. The number of carbonyl (C=O) groups is 4. The van der Waals surface area contributed by atoms with Crippen LogP contribution in [0, 0.1) is 6.92 Å². The Balaban J connectivity index is 0.975. The van der Waals surface area contributed by atoms with Crippen molar-refractivity contribution in [2.45, 2.75) is 45.3 Å². The molecule has 5 amide bonds. The predicted octanol–water partition coefficient (Wildman–Crippen LogP) is 5.02. The van der Waals surface area contributed by atoms with Gasteiger partial charge >= 0.3 is 6.03 Å². The van der Waals surface area contributed by atoms with Gasteiger partial charge in [0.25, 0.3) is 11.8 Å². The van der Waals surface area contributed by atoms with Crippen molar-refractivity contribution in [2.75, 3.05) is 56.7 Å². The molecule has 4 N–H and O–H groups in total. The number of benzene rings is 4. The number of para-hydroxylation sites is 1. The van der Waals surface area contributed by atoms with Crippen LogP contribution in [-0.4, -0.2) is 87.0 Å². The molecule has 1 saturated heterocycles. The number of likely N-dealkylation sites (tertiary alicyclic amines) is 1. The number of rotatable bonds is 15. The molecule has 2 aliphatic heterocycles. The second kappa shape index (κ2) is 19.4. The van der Waals surface area contributed by atoms with E-state index in [1.54, 1.807) is 31.3 Å². The van der Waals surface area contributed by atoms with Gasteiger partial charge in [-0.05, 0) is 92.9 Å². The molecule has 1 unspecified atom stereocenters. The van der Waals surface area contributed by atoms with Crippen molar-refractivity contribution in [1.82, 2.24) is 20.9 Å². The van der Waals surface area contributed by atoms with E-state index in [0.717, 1.165) is 30.9 Å². The lowest BCUT2D eigenvalue weighted by Crippen LogP contribution is -2.47. The number of hydrogen-bond acceptors (Lipinski definition) is 8. The van der Waals surface area contributed by atoms with Gasteiger partial charge in [0.15, 0.2) is 6.61 Å². The van der Waals surface area contributed by atoms with Crippen molar-refractivity contribution < 1.29 is 28.7 Å². The second-order valence-corrected chi connectivity index (χ2v) is 13.9. The van der Waals surface area contributed by atoms with E-state index in [4.69, 9.17) is 14.5 Å². The summed E-state index contributed by atoms with van der Waals surface area (Å²) >= 11 is 0. The molecule has 1 fully saturated rings. The molecule has 0 bridgehead atoms. The first kappa shape index (κ1) is 39.5. The zero-order valence-corrected chi connectivity index (χ0v) is 31.9. The molecule has 6 rings (SSSR count). The number of benzodiazepines with no additional fused rings is 1. The number of ether oxygens (including phenoxy) is 2. The topological polar surface area (TPSA) is 154 Å². The zero-order chi connectivity index (χ0) is 39.3. The minimum Gasteiger partial charge on any atom is -0.494 e. The molecular formula is C43H49N7O6. The summed E-state index contributed by atoms with van der Waals surface area (Å²) in [6.45, 7) is 5.48. The molecule has 56 heavy (non-hydrogen) atoms. The molecule has 4 aromatic carbocycles. The van der Waals surface area contributed by atoms with Gasteiger partial charge in [-0.15, -0.1) is 0 Å². The number of anilines is 2. The lowest BCUT2D eigenvalue weighted by molar-refractivity contribution is -0.127. The molecule has 0 spiro atoms. The lowest BCUT2D eigenvalue weighted by Gasteiger charge is -2.26. The van der Waals surface area contributed by atoms with Gasteiger partial charge in [0.1, 0.15) is 11.5 Å². The predicted molar refractivity (Wildman–Crippen MR) is 216 cm³/mol. The van der Waals surface area contributed by atoms with Gasteiger partial charge in [-0.2, -0.15) is 0 Å². The van der Waals surface area contributed by atoms with Crippen LogP contribution in [0.1, 0.15) is 47.9 Å². The number of aryl methyl sites for hydroxylation is 1. The number of fused-ring (bicyclic) bond motifs is 1. The molecule has 0 aliphatic carbocycles.